The monoisotopic (exact) mass is 368 g/mol. The highest BCUT2D eigenvalue weighted by Crippen LogP contribution is 2.19. The zero-order chi connectivity index (χ0) is 18.2. The molecule has 0 saturated heterocycles. The molecule has 0 radical (unpaired) electrons. The van der Waals surface area contributed by atoms with Gasteiger partial charge in [0, 0.05) is 16.1 Å². The van der Waals surface area contributed by atoms with E-state index in [-0.39, 0.29) is 0 Å². The maximum atomic E-state index is 6.02. The quantitative estimate of drug-likeness (QED) is 0.647. The molecule has 0 atom stereocenters. The molecule has 4 heteroatoms. The van der Waals surface area contributed by atoms with Crippen LogP contribution in [0.3, 0.4) is 0 Å². The fourth-order valence-electron chi connectivity index (χ4n) is 2.71. The Hall–Kier alpha value is -2.49. The lowest BCUT2D eigenvalue weighted by Crippen LogP contribution is -2.80. The van der Waals surface area contributed by atoms with Gasteiger partial charge in [-0.3, -0.25) is 0 Å². The molecule has 0 fully saturated rings. The summed E-state index contributed by atoms with van der Waals surface area (Å²) in [6.07, 6.45) is 0. The van der Waals surface area contributed by atoms with Crippen molar-refractivity contribution in [3.8, 4) is 11.5 Å². The van der Waals surface area contributed by atoms with Gasteiger partial charge < -0.3 is 14.8 Å². The third-order valence-electron chi connectivity index (χ3n) is 4.18. The largest absolute Gasteiger partial charge is 0.497 e. The molecule has 0 amide bonds. The van der Waals surface area contributed by atoms with Crippen molar-refractivity contribution in [1.29, 1.82) is 0 Å². The molecule has 134 valence electrons. The number of methoxy groups -OCH3 is 1. The Labute approximate surface area is 159 Å². The third-order valence-corrected chi connectivity index (χ3v) is 4.44. The molecule has 3 nitrogen and oxygen atoms in total. The van der Waals surface area contributed by atoms with Crippen molar-refractivity contribution in [2.45, 2.75) is 19.7 Å². The highest BCUT2D eigenvalue weighted by atomic mass is 35.5. The summed E-state index contributed by atoms with van der Waals surface area (Å²) in [6, 6.07) is 24.1. The molecular formula is C22H23ClNO2+. The van der Waals surface area contributed by atoms with Crippen LogP contribution in [0, 0.1) is 0 Å². The van der Waals surface area contributed by atoms with Gasteiger partial charge >= 0.3 is 0 Å². The van der Waals surface area contributed by atoms with Crippen LogP contribution in [0.2, 0.25) is 5.02 Å². The van der Waals surface area contributed by atoms with Crippen LogP contribution in [-0.2, 0) is 19.7 Å². The number of halogens is 1. The molecule has 0 aliphatic rings. The molecule has 3 aromatic carbocycles. The predicted octanol–water partition coefficient (Wildman–Crippen LogP) is 4.19. The molecule has 3 aromatic rings. The molecule has 0 heterocycles. The summed E-state index contributed by atoms with van der Waals surface area (Å²) in [6.45, 7) is 2.31. The van der Waals surface area contributed by atoms with Crippen molar-refractivity contribution in [3.63, 3.8) is 0 Å². The molecule has 0 aliphatic heterocycles. The van der Waals surface area contributed by atoms with Crippen LogP contribution < -0.4 is 14.8 Å². The van der Waals surface area contributed by atoms with Crippen LogP contribution in [0.5, 0.6) is 11.5 Å². The summed E-state index contributed by atoms with van der Waals surface area (Å²) in [7, 11) is 1.68. The molecule has 0 bridgehead atoms. The number of nitrogens with two attached hydrogens (primary N) is 1. The van der Waals surface area contributed by atoms with E-state index in [4.69, 9.17) is 21.1 Å². The maximum absolute atomic E-state index is 6.02. The normalized spacial score (nSPS) is 10.5. The van der Waals surface area contributed by atoms with Crippen molar-refractivity contribution in [3.05, 3.63) is 94.5 Å². The van der Waals surface area contributed by atoms with E-state index in [1.807, 2.05) is 54.6 Å². The standard InChI is InChI=1S/C22H22ClNO2/c1-25-21-12-8-17(9-13-21)14-24-15-19-4-2-3-5-22(19)26-16-18-6-10-20(23)11-7-18/h2-13,24H,14-16H2,1H3/p+1. The highest BCUT2D eigenvalue weighted by molar-refractivity contribution is 6.30. The van der Waals surface area contributed by atoms with Crippen LogP contribution in [0.1, 0.15) is 16.7 Å². The number of ether oxygens (including phenoxy) is 2. The lowest BCUT2D eigenvalue weighted by Gasteiger charge is -2.11. The van der Waals surface area contributed by atoms with Gasteiger partial charge in [-0.15, -0.1) is 0 Å². The van der Waals surface area contributed by atoms with Crippen LogP contribution >= 0.6 is 11.6 Å². The molecule has 0 aromatic heterocycles. The Morgan fingerprint density at radius 2 is 1.50 bits per heavy atom. The lowest BCUT2D eigenvalue weighted by atomic mass is 10.1. The van der Waals surface area contributed by atoms with Gasteiger partial charge in [-0.05, 0) is 54.1 Å². The number of quaternary nitrogens is 1. The van der Waals surface area contributed by atoms with Crippen molar-refractivity contribution < 1.29 is 14.8 Å². The van der Waals surface area contributed by atoms with Gasteiger partial charge in [0.2, 0.25) is 0 Å². The van der Waals surface area contributed by atoms with Crippen molar-refractivity contribution >= 4 is 11.6 Å². The van der Waals surface area contributed by atoms with Gasteiger partial charge in [0.05, 0.1) is 7.11 Å². The Kier molecular flexibility index (Phi) is 6.53. The van der Waals surface area contributed by atoms with Crippen LogP contribution in [0.4, 0.5) is 0 Å². The molecule has 0 saturated carbocycles. The van der Waals surface area contributed by atoms with Crippen LogP contribution in [-0.4, -0.2) is 7.11 Å². The van der Waals surface area contributed by atoms with Gasteiger partial charge in [0.15, 0.2) is 0 Å². The third kappa shape index (κ3) is 5.25. The molecule has 3 rings (SSSR count). The summed E-state index contributed by atoms with van der Waals surface area (Å²) >= 11 is 5.93. The van der Waals surface area contributed by atoms with Crippen molar-refractivity contribution in [2.75, 3.05) is 7.11 Å². The zero-order valence-electron chi connectivity index (χ0n) is 14.8. The smallest absolute Gasteiger partial charge is 0.128 e. The second kappa shape index (κ2) is 9.27. The fraction of sp³-hybridized carbons (Fsp3) is 0.182. The van der Waals surface area contributed by atoms with E-state index >= 15 is 0 Å². The zero-order valence-corrected chi connectivity index (χ0v) is 15.6. The van der Waals surface area contributed by atoms with E-state index in [1.54, 1.807) is 7.11 Å². The van der Waals surface area contributed by atoms with E-state index < -0.39 is 0 Å². The van der Waals surface area contributed by atoms with Crippen LogP contribution in [0.25, 0.3) is 0 Å². The molecular weight excluding hydrogens is 346 g/mol. The summed E-state index contributed by atoms with van der Waals surface area (Å²) < 4.78 is 11.2. The number of para-hydroxylation sites is 1. The molecule has 0 unspecified atom stereocenters. The second-order valence-corrected chi connectivity index (χ2v) is 6.50. The number of hydrogen-bond acceptors (Lipinski definition) is 2. The minimum Gasteiger partial charge on any atom is -0.497 e. The van der Waals surface area contributed by atoms with E-state index in [2.05, 4.69) is 23.5 Å². The Balaban J connectivity index is 1.55. The Morgan fingerprint density at radius 1 is 0.808 bits per heavy atom. The number of benzene rings is 3. The van der Waals surface area contributed by atoms with Gasteiger partial charge in [0.25, 0.3) is 0 Å². The van der Waals surface area contributed by atoms with Crippen molar-refractivity contribution in [2.24, 2.45) is 0 Å². The summed E-state index contributed by atoms with van der Waals surface area (Å²) in [4.78, 5) is 0. The van der Waals surface area contributed by atoms with E-state index in [1.165, 1.54) is 11.1 Å². The second-order valence-electron chi connectivity index (χ2n) is 6.07. The predicted molar refractivity (Wildman–Crippen MR) is 105 cm³/mol. The Bertz CT molecular complexity index is 816. The summed E-state index contributed by atoms with van der Waals surface area (Å²) in [5.74, 6) is 1.81. The summed E-state index contributed by atoms with van der Waals surface area (Å²) in [5, 5.41) is 3.01. The SMILES string of the molecule is COc1ccc(C[NH2+]Cc2ccccc2OCc2ccc(Cl)cc2)cc1. The number of rotatable bonds is 8. The first-order valence-corrected chi connectivity index (χ1v) is 9.02. The number of hydrogen-bond donors (Lipinski definition) is 1. The minimum absolute atomic E-state index is 0.534. The highest BCUT2D eigenvalue weighted by Gasteiger charge is 2.06. The van der Waals surface area contributed by atoms with Gasteiger partial charge in [0.1, 0.15) is 31.2 Å². The van der Waals surface area contributed by atoms with E-state index in [9.17, 15) is 0 Å². The van der Waals surface area contributed by atoms with Crippen molar-refractivity contribution in [1.82, 2.24) is 0 Å². The molecule has 0 spiro atoms. The first-order chi connectivity index (χ1) is 12.7. The first-order valence-electron chi connectivity index (χ1n) is 8.64. The lowest BCUT2D eigenvalue weighted by molar-refractivity contribution is -0.686. The molecule has 2 N–H and O–H groups in total. The minimum atomic E-state index is 0.534. The van der Waals surface area contributed by atoms with E-state index in [0.29, 0.717) is 6.61 Å². The van der Waals surface area contributed by atoms with Gasteiger partial charge in [-0.1, -0.05) is 35.9 Å². The average molecular weight is 369 g/mol. The average Bonchev–Trinajstić information content (AvgIpc) is 2.69. The first kappa shape index (κ1) is 18.3. The topological polar surface area (TPSA) is 35.1 Å². The Morgan fingerprint density at radius 3 is 2.23 bits per heavy atom. The van der Waals surface area contributed by atoms with Gasteiger partial charge in [-0.2, -0.15) is 0 Å². The van der Waals surface area contributed by atoms with E-state index in [0.717, 1.165) is 35.2 Å². The summed E-state index contributed by atoms with van der Waals surface area (Å²) in [5.41, 5.74) is 3.56. The maximum Gasteiger partial charge on any atom is 0.128 e. The van der Waals surface area contributed by atoms with Crippen LogP contribution in [0.15, 0.2) is 72.8 Å². The molecule has 26 heavy (non-hydrogen) atoms. The fourth-order valence-corrected chi connectivity index (χ4v) is 2.84. The molecule has 0 aliphatic carbocycles. The van der Waals surface area contributed by atoms with Gasteiger partial charge in [-0.25, -0.2) is 0 Å².